The number of carbonyl (C=O) groups excluding carboxylic acids is 2. The molecular weight excluding hydrogens is 370 g/mol. The molecule has 0 bridgehead atoms. The largest absolute Gasteiger partial charge is 0.481 e. The van der Waals surface area contributed by atoms with Gasteiger partial charge in [0.2, 0.25) is 11.8 Å². The molecule has 0 radical (unpaired) electrons. The predicted octanol–water partition coefficient (Wildman–Crippen LogP) is 1.34. The van der Waals surface area contributed by atoms with Gasteiger partial charge in [0.05, 0.1) is 6.54 Å². The fraction of sp³-hybridized carbons (Fsp3) is 0.591. The summed E-state index contributed by atoms with van der Waals surface area (Å²) in [6.45, 7) is 3.56. The van der Waals surface area contributed by atoms with E-state index < -0.39 is 5.97 Å². The summed E-state index contributed by atoms with van der Waals surface area (Å²) in [7, 11) is 0. The molecule has 1 aromatic rings. The Balaban J connectivity index is 1.34. The highest BCUT2D eigenvalue weighted by Gasteiger charge is 2.54. The number of rotatable bonds is 8. The van der Waals surface area contributed by atoms with Crippen LogP contribution in [-0.4, -0.2) is 65.4 Å². The quantitative estimate of drug-likeness (QED) is 0.689. The number of likely N-dealkylation sites (tertiary alicyclic amines) is 2. The second-order valence-electron chi connectivity index (χ2n) is 8.88. The molecule has 3 fully saturated rings. The Kier molecular flexibility index (Phi) is 5.58. The van der Waals surface area contributed by atoms with E-state index in [0.29, 0.717) is 39.1 Å². The summed E-state index contributed by atoms with van der Waals surface area (Å²) in [5.74, 6) is -0.157. The zero-order valence-corrected chi connectivity index (χ0v) is 16.7. The van der Waals surface area contributed by atoms with Gasteiger partial charge in [0.1, 0.15) is 0 Å². The number of benzene rings is 1. The highest BCUT2D eigenvalue weighted by molar-refractivity contribution is 5.81. The van der Waals surface area contributed by atoms with Crippen molar-refractivity contribution in [1.29, 1.82) is 0 Å². The van der Waals surface area contributed by atoms with Gasteiger partial charge in [0.25, 0.3) is 0 Å². The Morgan fingerprint density at radius 3 is 2.55 bits per heavy atom. The van der Waals surface area contributed by atoms with Crippen molar-refractivity contribution < 1.29 is 19.5 Å². The number of hydrogen-bond donors (Lipinski definition) is 2. The molecule has 1 aliphatic carbocycles. The second-order valence-corrected chi connectivity index (χ2v) is 8.88. The van der Waals surface area contributed by atoms with E-state index in [1.54, 1.807) is 0 Å². The summed E-state index contributed by atoms with van der Waals surface area (Å²) in [5.41, 5.74) is 0.856. The fourth-order valence-electron chi connectivity index (χ4n) is 4.94. The lowest BCUT2D eigenvalue weighted by Crippen LogP contribution is -2.41. The number of carboxylic acids is 1. The van der Waals surface area contributed by atoms with E-state index in [1.807, 2.05) is 35.2 Å². The van der Waals surface area contributed by atoms with Crippen molar-refractivity contribution >= 4 is 17.8 Å². The van der Waals surface area contributed by atoms with Crippen molar-refractivity contribution in [2.75, 3.05) is 32.7 Å². The third-order valence-corrected chi connectivity index (χ3v) is 6.60. The molecule has 0 unspecified atom stereocenters. The molecule has 29 heavy (non-hydrogen) atoms. The molecular formula is C22H29N3O4. The van der Waals surface area contributed by atoms with Crippen molar-refractivity contribution in [2.45, 2.75) is 32.2 Å². The van der Waals surface area contributed by atoms with Gasteiger partial charge in [-0.2, -0.15) is 0 Å². The number of nitrogens with zero attached hydrogens (tertiary/aromatic N) is 2. The third-order valence-electron chi connectivity index (χ3n) is 6.60. The summed E-state index contributed by atoms with van der Waals surface area (Å²) in [6.07, 6.45) is 2.63. The van der Waals surface area contributed by atoms with Crippen molar-refractivity contribution in [3.63, 3.8) is 0 Å². The van der Waals surface area contributed by atoms with Gasteiger partial charge in [-0.05, 0) is 30.7 Å². The fourth-order valence-corrected chi connectivity index (χ4v) is 4.94. The molecule has 2 heterocycles. The minimum absolute atomic E-state index is 0.0203. The van der Waals surface area contributed by atoms with Gasteiger partial charge in [-0.1, -0.05) is 30.3 Å². The van der Waals surface area contributed by atoms with Crippen LogP contribution in [0.3, 0.4) is 0 Å². The Bertz CT molecular complexity index is 780. The van der Waals surface area contributed by atoms with Crippen LogP contribution < -0.4 is 5.32 Å². The molecule has 4 rings (SSSR count). The molecule has 7 heteroatoms. The van der Waals surface area contributed by atoms with E-state index in [2.05, 4.69) is 10.2 Å². The van der Waals surface area contributed by atoms with Crippen molar-refractivity contribution in [3.05, 3.63) is 35.9 Å². The van der Waals surface area contributed by atoms with E-state index in [0.717, 1.165) is 24.9 Å². The van der Waals surface area contributed by atoms with Crippen molar-refractivity contribution in [1.82, 2.24) is 15.1 Å². The normalized spacial score (nSPS) is 26.3. The highest BCUT2D eigenvalue weighted by Crippen LogP contribution is 2.47. The SMILES string of the molecule is O=C(O)CC[C@]12CN(CC(=O)NCc3ccccc3)C[C@H]1CN(C(=O)C1CC1)C2. The molecule has 2 N–H and O–H groups in total. The number of carboxylic acid groups (broad SMARTS) is 1. The maximum absolute atomic E-state index is 12.5. The Labute approximate surface area is 171 Å². The zero-order chi connectivity index (χ0) is 20.4. The molecule has 1 aromatic carbocycles. The van der Waals surface area contributed by atoms with Gasteiger partial charge < -0.3 is 15.3 Å². The van der Waals surface area contributed by atoms with Crippen LogP contribution in [-0.2, 0) is 20.9 Å². The van der Waals surface area contributed by atoms with E-state index in [-0.39, 0.29) is 35.5 Å². The molecule has 156 valence electrons. The average molecular weight is 399 g/mol. The van der Waals surface area contributed by atoms with Crippen LogP contribution in [0, 0.1) is 17.3 Å². The van der Waals surface area contributed by atoms with Gasteiger partial charge >= 0.3 is 5.97 Å². The number of nitrogens with one attached hydrogen (secondary N) is 1. The van der Waals surface area contributed by atoms with Crippen LogP contribution >= 0.6 is 0 Å². The van der Waals surface area contributed by atoms with Gasteiger partial charge in [0, 0.05) is 50.5 Å². The lowest BCUT2D eigenvalue weighted by molar-refractivity contribution is -0.137. The molecule has 2 saturated heterocycles. The number of carbonyl (C=O) groups is 3. The lowest BCUT2D eigenvalue weighted by atomic mass is 9.77. The standard InChI is InChI=1S/C22H29N3O4/c26-19(23-10-16-4-2-1-3-5-16)13-24-11-18-12-25(21(29)17-6-7-17)15-22(18,14-24)9-8-20(27)28/h1-5,17-18H,6-15H2,(H,23,26)(H,27,28)/t18-,22+/m0/s1. The second kappa shape index (κ2) is 8.14. The molecule has 2 amide bonds. The number of hydrogen-bond acceptors (Lipinski definition) is 4. The summed E-state index contributed by atoms with van der Waals surface area (Å²) in [5, 5.41) is 12.2. The third kappa shape index (κ3) is 4.61. The average Bonchev–Trinajstić information content (AvgIpc) is 3.41. The van der Waals surface area contributed by atoms with Crippen molar-refractivity contribution in [2.24, 2.45) is 17.3 Å². The van der Waals surface area contributed by atoms with Crippen LogP contribution in [0.4, 0.5) is 0 Å². The van der Waals surface area contributed by atoms with Crippen molar-refractivity contribution in [3.8, 4) is 0 Å². The zero-order valence-electron chi connectivity index (χ0n) is 16.7. The Morgan fingerprint density at radius 1 is 1.10 bits per heavy atom. The number of fused-ring (bicyclic) bond motifs is 1. The molecule has 0 aromatic heterocycles. The van der Waals surface area contributed by atoms with Crippen LogP contribution in [0.15, 0.2) is 30.3 Å². The minimum Gasteiger partial charge on any atom is -0.481 e. The van der Waals surface area contributed by atoms with Crippen LogP contribution in [0.5, 0.6) is 0 Å². The molecule has 2 atom stereocenters. The Hall–Kier alpha value is -2.41. The van der Waals surface area contributed by atoms with Crippen LogP contribution in [0.25, 0.3) is 0 Å². The summed E-state index contributed by atoms with van der Waals surface area (Å²) >= 11 is 0. The number of amides is 2. The molecule has 3 aliphatic rings. The molecule has 2 aliphatic heterocycles. The lowest BCUT2D eigenvalue weighted by Gasteiger charge is -2.29. The monoisotopic (exact) mass is 399 g/mol. The van der Waals surface area contributed by atoms with E-state index in [1.165, 1.54) is 0 Å². The topological polar surface area (TPSA) is 89.9 Å². The predicted molar refractivity (Wildman–Crippen MR) is 107 cm³/mol. The van der Waals surface area contributed by atoms with Gasteiger partial charge in [-0.15, -0.1) is 0 Å². The maximum atomic E-state index is 12.5. The van der Waals surface area contributed by atoms with Crippen LogP contribution in [0.2, 0.25) is 0 Å². The van der Waals surface area contributed by atoms with Gasteiger partial charge in [-0.3, -0.25) is 19.3 Å². The van der Waals surface area contributed by atoms with Crippen LogP contribution in [0.1, 0.15) is 31.2 Å². The summed E-state index contributed by atoms with van der Waals surface area (Å²) in [4.78, 5) is 40.2. The van der Waals surface area contributed by atoms with Gasteiger partial charge in [-0.25, -0.2) is 0 Å². The first-order chi connectivity index (χ1) is 13.9. The minimum atomic E-state index is -0.802. The molecule has 0 spiro atoms. The number of aliphatic carboxylic acids is 1. The first kappa shape index (κ1) is 19.9. The van der Waals surface area contributed by atoms with E-state index in [9.17, 15) is 19.5 Å². The van der Waals surface area contributed by atoms with E-state index in [4.69, 9.17) is 0 Å². The smallest absolute Gasteiger partial charge is 0.303 e. The highest BCUT2D eigenvalue weighted by atomic mass is 16.4. The maximum Gasteiger partial charge on any atom is 0.303 e. The molecule has 7 nitrogen and oxygen atoms in total. The summed E-state index contributed by atoms with van der Waals surface area (Å²) < 4.78 is 0. The van der Waals surface area contributed by atoms with Gasteiger partial charge in [0.15, 0.2) is 0 Å². The first-order valence-corrected chi connectivity index (χ1v) is 10.5. The molecule has 1 saturated carbocycles. The first-order valence-electron chi connectivity index (χ1n) is 10.5. The summed E-state index contributed by atoms with van der Waals surface area (Å²) in [6, 6.07) is 9.80. The Morgan fingerprint density at radius 2 is 1.86 bits per heavy atom. The van der Waals surface area contributed by atoms with E-state index >= 15 is 0 Å².